The molecule has 0 aromatic carbocycles. The van der Waals surface area contributed by atoms with Crippen molar-refractivity contribution in [3.05, 3.63) is 12.2 Å². The second kappa shape index (κ2) is 4.58. The van der Waals surface area contributed by atoms with Crippen molar-refractivity contribution in [1.29, 1.82) is 0 Å². The minimum absolute atomic E-state index is 0.823. The Kier molecular flexibility index (Phi) is 3.68. The van der Waals surface area contributed by atoms with E-state index in [9.17, 15) is 0 Å². The molecule has 1 rings (SSSR count). The van der Waals surface area contributed by atoms with Gasteiger partial charge in [-0.15, -0.1) is 0 Å². The monoisotopic (exact) mass is 152 g/mol. The zero-order valence-corrected chi connectivity index (χ0v) is 7.84. The molecule has 0 fully saturated rings. The Morgan fingerprint density at radius 3 is 2.82 bits per heavy atom. The quantitative estimate of drug-likeness (QED) is 0.502. The summed E-state index contributed by atoms with van der Waals surface area (Å²) in [7, 11) is 0. The molecular formula is C11H20. The molecule has 2 atom stereocenters. The second-order valence-corrected chi connectivity index (χ2v) is 3.83. The molecule has 64 valence electrons. The van der Waals surface area contributed by atoms with E-state index in [1.807, 2.05) is 0 Å². The summed E-state index contributed by atoms with van der Waals surface area (Å²) in [5.41, 5.74) is 0. The first kappa shape index (κ1) is 8.83. The number of rotatable bonds is 1. The van der Waals surface area contributed by atoms with Gasteiger partial charge in [-0.1, -0.05) is 32.4 Å². The molecule has 0 aromatic rings. The van der Waals surface area contributed by atoms with Crippen LogP contribution in [0.15, 0.2) is 12.2 Å². The zero-order valence-electron chi connectivity index (χ0n) is 7.84. The van der Waals surface area contributed by atoms with Gasteiger partial charge in [0.05, 0.1) is 0 Å². The van der Waals surface area contributed by atoms with Crippen molar-refractivity contribution >= 4 is 0 Å². The van der Waals surface area contributed by atoms with E-state index >= 15 is 0 Å². The van der Waals surface area contributed by atoms with Gasteiger partial charge < -0.3 is 0 Å². The maximum Gasteiger partial charge on any atom is -0.0262 e. The van der Waals surface area contributed by atoms with Gasteiger partial charge in [0, 0.05) is 0 Å². The smallest absolute Gasteiger partial charge is 0.0262 e. The third-order valence-electron chi connectivity index (χ3n) is 2.81. The van der Waals surface area contributed by atoms with Crippen molar-refractivity contribution in [1.82, 2.24) is 0 Å². The molecular weight excluding hydrogens is 132 g/mol. The summed E-state index contributed by atoms with van der Waals surface area (Å²) in [4.78, 5) is 0. The van der Waals surface area contributed by atoms with E-state index in [0.29, 0.717) is 0 Å². The zero-order chi connectivity index (χ0) is 8.10. The molecule has 0 N–H and O–H groups in total. The molecule has 0 nitrogen and oxygen atoms in total. The number of hydrogen-bond donors (Lipinski definition) is 0. The third kappa shape index (κ3) is 3.09. The van der Waals surface area contributed by atoms with Crippen molar-refractivity contribution in [2.45, 2.75) is 46.0 Å². The molecule has 0 aromatic heterocycles. The summed E-state index contributed by atoms with van der Waals surface area (Å²) in [6.07, 6.45) is 11.7. The Labute approximate surface area is 70.7 Å². The van der Waals surface area contributed by atoms with Gasteiger partial charge in [-0.05, 0) is 37.5 Å². The van der Waals surface area contributed by atoms with Gasteiger partial charge in [-0.2, -0.15) is 0 Å². The van der Waals surface area contributed by atoms with Crippen molar-refractivity contribution in [3.8, 4) is 0 Å². The lowest BCUT2D eigenvalue weighted by Crippen LogP contribution is -2.03. The van der Waals surface area contributed by atoms with Gasteiger partial charge in [0.1, 0.15) is 0 Å². The van der Waals surface area contributed by atoms with E-state index in [1.165, 1.54) is 32.1 Å². The topological polar surface area (TPSA) is 0 Å². The first-order valence-corrected chi connectivity index (χ1v) is 4.99. The molecule has 2 unspecified atom stereocenters. The average molecular weight is 152 g/mol. The van der Waals surface area contributed by atoms with Crippen LogP contribution >= 0.6 is 0 Å². The van der Waals surface area contributed by atoms with E-state index in [2.05, 4.69) is 26.0 Å². The Morgan fingerprint density at radius 1 is 1.27 bits per heavy atom. The lowest BCUT2D eigenvalue weighted by Gasteiger charge is -2.17. The Bertz CT molecular complexity index is 124. The number of allylic oxidation sites excluding steroid dienone is 2. The van der Waals surface area contributed by atoms with Crippen LogP contribution in [0.3, 0.4) is 0 Å². The SMILES string of the molecule is CCC1CCC=CC(C)CC1. The standard InChI is InChI=1S/C11H20/c1-3-11-7-5-4-6-10(2)8-9-11/h4,6,10-11H,3,5,7-9H2,1-2H3. The van der Waals surface area contributed by atoms with Gasteiger partial charge in [-0.25, -0.2) is 0 Å². The van der Waals surface area contributed by atoms with Crippen LogP contribution in [0.5, 0.6) is 0 Å². The average Bonchev–Trinajstić information content (AvgIpc) is 1.98. The summed E-state index contributed by atoms with van der Waals surface area (Å²) in [6, 6.07) is 0. The molecule has 0 bridgehead atoms. The van der Waals surface area contributed by atoms with E-state index in [4.69, 9.17) is 0 Å². The fourth-order valence-corrected chi connectivity index (χ4v) is 1.81. The summed E-state index contributed by atoms with van der Waals surface area (Å²) in [6.45, 7) is 4.65. The Hall–Kier alpha value is -0.260. The molecule has 0 heteroatoms. The predicted molar refractivity (Wildman–Crippen MR) is 50.6 cm³/mol. The summed E-state index contributed by atoms with van der Waals surface area (Å²) >= 11 is 0. The maximum atomic E-state index is 2.38. The molecule has 1 aliphatic rings. The molecule has 0 radical (unpaired) electrons. The minimum atomic E-state index is 0.823. The molecule has 0 heterocycles. The minimum Gasteiger partial charge on any atom is -0.0883 e. The molecule has 0 aliphatic heterocycles. The Morgan fingerprint density at radius 2 is 2.09 bits per heavy atom. The van der Waals surface area contributed by atoms with Gasteiger partial charge in [0.15, 0.2) is 0 Å². The molecule has 1 aliphatic carbocycles. The van der Waals surface area contributed by atoms with E-state index in [0.717, 1.165) is 11.8 Å². The fraction of sp³-hybridized carbons (Fsp3) is 0.818. The van der Waals surface area contributed by atoms with Crippen LogP contribution in [0.25, 0.3) is 0 Å². The summed E-state index contributed by atoms with van der Waals surface area (Å²) in [5.74, 6) is 1.83. The highest BCUT2D eigenvalue weighted by Crippen LogP contribution is 2.23. The van der Waals surface area contributed by atoms with E-state index in [1.54, 1.807) is 0 Å². The maximum absolute atomic E-state index is 2.38. The lowest BCUT2D eigenvalue weighted by atomic mass is 9.88. The van der Waals surface area contributed by atoms with Crippen LogP contribution in [0, 0.1) is 11.8 Å². The van der Waals surface area contributed by atoms with Crippen LogP contribution in [0.1, 0.15) is 46.0 Å². The first-order valence-electron chi connectivity index (χ1n) is 4.99. The third-order valence-corrected chi connectivity index (χ3v) is 2.81. The molecule has 11 heavy (non-hydrogen) atoms. The fourth-order valence-electron chi connectivity index (χ4n) is 1.81. The van der Waals surface area contributed by atoms with Crippen LogP contribution < -0.4 is 0 Å². The normalized spacial score (nSPS) is 32.9. The van der Waals surface area contributed by atoms with Crippen LogP contribution in [-0.2, 0) is 0 Å². The molecule has 0 saturated heterocycles. The predicted octanol–water partition coefficient (Wildman–Crippen LogP) is 3.78. The van der Waals surface area contributed by atoms with Gasteiger partial charge in [0.25, 0.3) is 0 Å². The summed E-state index contributed by atoms with van der Waals surface area (Å²) < 4.78 is 0. The lowest BCUT2D eigenvalue weighted by molar-refractivity contribution is 0.396. The van der Waals surface area contributed by atoms with Gasteiger partial charge in [-0.3, -0.25) is 0 Å². The molecule has 0 amide bonds. The largest absolute Gasteiger partial charge is 0.0883 e. The van der Waals surface area contributed by atoms with Crippen molar-refractivity contribution < 1.29 is 0 Å². The highest BCUT2D eigenvalue weighted by Gasteiger charge is 2.09. The second-order valence-electron chi connectivity index (χ2n) is 3.83. The van der Waals surface area contributed by atoms with Crippen molar-refractivity contribution in [2.75, 3.05) is 0 Å². The van der Waals surface area contributed by atoms with Crippen LogP contribution in [-0.4, -0.2) is 0 Å². The molecule has 0 spiro atoms. The van der Waals surface area contributed by atoms with Crippen LogP contribution in [0.2, 0.25) is 0 Å². The van der Waals surface area contributed by atoms with Crippen molar-refractivity contribution in [2.24, 2.45) is 11.8 Å². The van der Waals surface area contributed by atoms with Crippen molar-refractivity contribution in [3.63, 3.8) is 0 Å². The Balaban J connectivity index is 2.37. The van der Waals surface area contributed by atoms with E-state index in [-0.39, 0.29) is 0 Å². The van der Waals surface area contributed by atoms with E-state index < -0.39 is 0 Å². The highest BCUT2D eigenvalue weighted by molar-refractivity contribution is 4.89. The molecule has 0 saturated carbocycles. The van der Waals surface area contributed by atoms with Crippen LogP contribution in [0.4, 0.5) is 0 Å². The highest BCUT2D eigenvalue weighted by atomic mass is 14.1. The van der Waals surface area contributed by atoms with Gasteiger partial charge >= 0.3 is 0 Å². The number of hydrogen-bond acceptors (Lipinski definition) is 0. The van der Waals surface area contributed by atoms with Gasteiger partial charge in [0.2, 0.25) is 0 Å². The summed E-state index contributed by atoms with van der Waals surface area (Å²) in [5, 5.41) is 0. The first-order chi connectivity index (χ1) is 5.33.